The zero-order valence-electron chi connectivity index (χ0n) is 8.55. The van der Waals surface area contributed by atoms with Gasteiger partial charge in [-0.3, -0.25) is 0 Å². The van der Waals surface area contributed by atoms with E-state index in [1.54, 1.807) is 6.92 Å². The van der Waals surface area contributed by atoms with Crippen molar-refractivity contribution in [1.29, 1.82) is 0 Å². The highest BCUT2D eigenvalue weighted by molar-refractivity contribution is 5.75. The molecule has 0 bridgehead atoms. The van der Waals surface area contributed by atoms with Crippen LogP contribution in [0.15, 0.2) is 18.2 Å². The summed E-state index contributed by atoms with van der Waals surface area (Å²) in [7, 11) is 0. The topological polar surface area (TPSA) is 17.1 Å². The first-order chi connectivity index (χ1) is 6.08. The molecule has 0 unspecified atom stereocenters. The van der Waals surface area contributed by atoms with Gasteiger partial charge in [-0.05, 0) is 32.8 Å². The molecule has 1 heteroatoms. The van der Waals surface area contributed by atoms with Crippen molar-refractivity contribution in [2.75, 3.05) is 0 Å². The van der Waals surface area contributed by atoms with Crippen molar-refractivity contribution >= 4 is 5.78 Å². The number of ketones is 1. The highest BCUT2D eigenvalue weighted by Gasteiger charge is 1.98. The average molecular weight is 176 g/mol. The molecule has 0 spiro atoms. The predicted molar refractivity (Wildman–Crippen MR) is 54.9 cm³/mol. The zero-order chi connectivity index (χ0) is 9.84. The van der Waals surface area contributed by atoms with Gasteiger partial charge in [0.15, 0.2) is 0 Å². The minimum Gasteiger partial charge on any atom is -0.300 e. The molecule has 0 fully saturated rings. The maximum absolute atomic E-state index is 10.8. The van der Waals surface area contributed by atoms with Gasteiger partial charge in [0.1, 0.15) is 5.78 Å². The van der Waals surface area contributed by atoms with Gasteiger partial charge < -0.3 is 4.79 Å². The molecule has 0 aromatic heterocycles. The van der Waals surface area contributed by atoms with Crippen molar-refractivity contribution in [2.24, 2.45) is 0 Å². The van der Waals surface area contributed by atoms with Crippen LogP contribution in [0.1, 0.15) is 30.0 Å². The van der Waals surface area contributed by atoms with Crippen molar-refractivity contribution in [3.8, 4) is 0 Å². The van der Waals surface area contributed by atoms with Crippen LogP contribution in [0.2, 0.25) is 0 Å². The van der Waals surface area contributed by atoms with Crippen LogP contribution < -0.4 is 0 Å². The van der Waals surface area contributed by atoms with E-state index in [9.17, 15) is 4.79 Å². The summed E-state index contributed by atoms with van der Waals surface area (Å²) in [5.74, 6) is 0.263. The zero-order valence-corrected chi connectivity index (χ0v) is 8.55. The van der Waals surface area contributed by atoms with Gasteiger partial charge in [-0.15, -0.1) is 0 Å². The SMILES string of the molecule is CC(=O)CCc1cc(C)cc(C)c1. The normalized spacial score (nSPS) is 10.1. The van der Waals surface area contributed by atoms with Crippen molar-refractivity contribution in [2.45, 2.75) is 33.6 Å². The second kappa shape index (κ2) is 4.22. The van der Waals surface area contributed by atoms with Gasteiger partial charge in [0, 0.05) is 6.42 Å². The molecule has 0 aliphatic rings. The van der Waals surface area contributed by atoms with Gasteiger partial charge in [0.05, 0.1) is 0 Å². The number of Topliss-reactive ketones (excluding diaryl/α,β-unsaturated/α-hetero) is 1. The smallest absolute Gasteiger partial charge is 0.130 e. The summed E-state index contributed by atoms with van der Waals surface area (Å²) < 4.78 is 0. The molecule has 1 aromatic carbocycles. The Bertz CT molecular complexity index is 293. The summed E-state index contributed by atoms with van der Waals surface area (Å²) in [5, 5.41) is 0. The second-order valence-corrected chi connectivity index (χ2v) is 3.70. The first-order valence-corrected chi connectivity index (χ1v) is 4.64. The van der Waals surface area contributed by atoms with E-state index in [1.807, 2.05) is 0 Å². The average Bonchev–Trinajstić information content (AvgIpc) is 1.99. The van der Waals surface area contributed by atoms with Crippen LogP contribution in [0, 0.1) is 13.8 Å². The largest absolute Gasteiger partial charge is 0.300 e. The quantitative estimate of drug-likeness (QED) is 0.692. The van der Waals surface area contributed by atoms with Crippen LogP contribution in [0.4, 0.5) is 0 Å². The van der Waals surface area contributed by atoms with E-state index in [4.69, 9.17) is 0 Å². The van der Waals surface area contributed by atoms with Crippen LogP contribution in [0.5, 0.6) is 0 Å². The summed E-state index contributed by atoms with van der Waals surface area (Å²) in [6.07, 6.45) is 1.53. The van der Waals surface area contributed by atoms with Gasteiger partial charge in [0.2, 0.25) is 0 Å². The van der Waals surface area contributed by atoms with Crippen LogP contribution in [0.25, 0.3) is 0 Å². The van der Waals surface area contributed by atoms with E-state index < -0.39 is 0 Å². The lowest BCUT2D eigenvalue weighted by molar-refractivity contribution is -0.116. The van der Waals surface area contributed by atoms with Crippen molar-refractivity contribution < 1.29 is 4.79 Å². The molecule has 0 aliphatic heterocycles. The van der Waals surface area contributed by atoms with E-state index in [2.05, 4.69) is 32.0 Å². The van der Waals surface area contributed by atoms with E-state index in [-0.39, 0.29) is 5.78 Å². The monoisotopic (exact) mass is 176 g/mol. The molecule has 0 saturated carbocycles. The van der Waals surface area contributed by atoms with Crippen molar-refractivity contribution in [3.05, 3.63) is 34.9 Å². The van der Waals surface area contributed by atoms with E-state index in [0.29, 0.717) is 6.42 Å². The molecule has 0 heterocycles. The Balaban J connectivity index is 2.71. The number of carbonyl (C=O) groups is 1. The Morgan fingerprint density at radius 3 is 2.15 bits per heavy atom. The first-order valence-electron chi connectivity index (χ1n) is 4.64. The van der Waals surface area contributed by atoms with Crippen LogP contribution in [-0.2, 0) is 11.2 Å². The van der Waals surface area contributed by atoms with E-state index in [0.717, 1.165) is 6.42 Å². The Morgan fingerprint density at radius 1 is 1.15 bits per heavy atom. The van der Waals surface area contributed by atoms with Crippen molar-refractivity contribution in [3.63, 3.8) is 0 Å². The number of aryl methyl sites for hydroxylation is 3. The predicted octanol–water partition coefficient (Wildman–Crippen LogP) is 2.83. The molecule has 0 amide bonds. The van der Waals surface area contributed by atoms with Gasteiger partial charge in [-0.2, -0.15) is 0 Å². The summed E-state index contributed by atoms with van der Waals surface area (Å²) in [6, 6.07) is 6.45. The van der Waals surface area contributed by atoms with E-state index >= 15 is 0 Å². The number of hydrogen-bond donors (Lipinski definition) is 0. The molecular formula is C12H16O. The first kappa shape index (κ1) is 9.97. The van der Waals surface area contributed by atoms with Crippen molar-refractivity contribution in [1.82, 2.24) is 0 Å². The van der Waals surface area contributed by atoms with Crippen LogP contribution in [-0.4, -0.2) is 5.78 Å². The third-order valence-corrected chi connectivity index (χ3v) is 2.05. The Labute approximate surface area is 79.8 Å². The van der Waals surface area contributed by atoms with Gasteiger partial charge in [-0.1, -0.05) is 29.3 Å². The maximum Gasteiger partial charge on any atom is 0.130 e. The molecular weight excluding hydrogens is 160 g/mol. The molecule has 0 atom stereocenters. The minimum atomic E-state index is 0.263. The summed E-state index contributed by atoms with van der Waals surface area (Å²) in [6.45, 7) is 5.82. The maximum atomic E-state index is 10.8. The third-order valence-electron chi connectivity index (χ3n) is 2.05. The molecule has 1 aromatic rings. The molecule has 13 heavy (non-hydrogen) atoms. The Kier molecular flexibility index (Phi) is 3.24. The van der Waals surface area contributed by atoms with Crippen LogP contribution >= 0.6 is 0 Å². The van der Waals surface area contributed by atoms with Crippen LogP contribution in [0.3, 0.4) is 0 Å². The van der Waals surface area contributed by atoms with Gasteiger partial charge in [-0.25, -0.2) is 0 Å². The molecule has 70 valence electrons. The van der Waals surface area contributed by atoms with Gasteiger partial charge >= 0.3 is 0 Å². The molecule has 0 N–H and O–H groups in total. The molecule has 0 saturated heterocycles. The number of hydrogen-bond acceptors (Lipinski definition) is 1. The molecule has 1 rings (SSSR count). The molecule has 0 aliphatic carbocycles. The minimum absolute atomic E-state index is 0.263. The van der Waals surface area contributed by atoms with Gasteiger partial charge in [0.25, 0.3) is 0 Å². The van der Waals surface area contributed by atoms with E-state index in [1.165, 1.54) is 16.7 Å². The highest BCUT2D eigenvalue weighted by Crippen LogP contribution is 2.10. The fourth-order valence-electron chi connectivity index (χ4n) is 1.53. The summed E-state index contributed by atoms with van der Waals surface area (Å²) >= 11 is 0. The lowest BCUT2D eigenvalue weighted by Gasteiger charge is -2.03. The lowest BCUT2D eigenvalue weighted by atomic mass is 10.0. The number of benzene rings is 1. The molecule has 0 radical (unpaired) electrons. The standard InChI is InChI=1S/C12H16O/c1-9-6-10(2)8-12(7-9)5-4-11(3)13/h6-8H,4-5H2,1-3H3. The molecule has 1 nitrogen and oxygen atoms in total. The fourth-order valence-corrected chi connectivity index (χ4v) is 1.53. The Hall–Kier alpha value is -1.11. The number of rotatable bonds is 3. The number of carbonyl (C=O) groups excluding carboxylic acids is 1. The second-order valence-electron chi connectivity index (χ2n) is 3.70. The highest BCUT2D eigenvalue weighted by atomic mass is 16.1. The summed E-state index contributed by atoms with van der Waals surface area (Å²) in [4.78, 5) is 10.8. The lowest BCUT2D eigenvalue weighted by Crippen LogP contribution is -1.94. The third kappa shape index (κ3) is 3.41. The Morgan fingerprint density at radius 2 is 1.69 bits per heavy atom. The fraction of sp³-hybridized carbons (Fsp3) is 0.417. The summed E-state index contributed by atoms with van der Waals surface area (Å²) in [5.41, 5.74) is 3.82.